The Balaban J connectivity index is 1.39. The number of rotatable bonds is 2. The average molecular weight is 595 g/mol. The Morgan fingerprint density at radius 2 is 1.33 bits per heavy atom. The van der Waals surface area contributed by atoms with E-state index >= 15 is 0 Å². The molecule has 0 aliphatic carbocycles. The third-order valence-electron chi connectivity index (χ3n) is 8.78. The fourth-order valence-electron chi connectivity index (χ4n) is 6.85. The van der Waals surface area contributed by atoms with Crippen LogP contribution in [0, 0.1) is 0 Å². The van der Waals surface area contributed by atoms with Crippen LogP contribution in [-0.4, -0.2) is 9.97 Å². The van der Waals surface area contributed by atoms with Crippen molar-refractivity contribution >= 4 is 75.6 Å². The summed E-state index contributed by atoms with van der Waals surface area (Å²) in [6.07, 6.45) is 0. The summed E-state index contributed by atoms with van der Waals surface area (Å²) in [6, 6.07) is 45.9. The van der Waals surface area contributed by atoms with Gasteiger partial charge in [-0.25, -0.2) is 9.97 Å². The fraction of sp³-hybridized carbons (Fsp3) is 0. The van der Waals surface area contributed by atoms with Gasteiger partial charge in [0.1, 0.15) is 5.69 Å². The molecule has 0 amide bonds. The van der Waals surface area contributed by atoms with E-state index in [1.165, 1.54) is 20.2 Å². The smallest absolute Gasteiger partial charge is 0.265 e. The third kappa shape index (κ3) is 3.53. The Morgan fingerprint density at radius 3 is 2.22 bits per heavy atom. The lowest BCUT2D eigenvalue weighted by Crippen LogP contribution is -2.28. The van der Waals surface area contributed by atoms with Crippen molar-refractivity contribution in [1.29, 1.82) is 0 Å². The molecule has 0 spiro atoms. The van der Waals surface area contributed by atoms with E-state index in [0.717, 1.165) is 60.6 Å². The van der Waals surface area contributed by atoms with Gasteiger partial charge in [-0.2, -0.15) is 0 Å². The first-order valence-electron chi connectivity index (χ1n) is 15.4. The molecule has 45 heavy (non-hydrogen) atoms. The number of anilines is 2. The molecule has 7 aromatic carbocycles. The molecule has 0 fully saturated rings. The van der Waals surface area contributed by atoms with Crippen LogP contribution in [0.25, 0.3) is 75.0 Å². The van der Waals surface area contributed by atoms with E-state index in [1.807, 2.05) is 47.5 Å². The minimum absolute atomic E-state index is 0.409. The van der Waals surface area contributed by atoms with Gasteiger partial charge in [0.05, 0.1) is 12.6 Å². The first kappa shape index (κ1) is 23.6. The molecule has 1 aliphatic rings. The predicted octanol–water partition coefficient (Wildman–Crippen LogP) is 11.1. The normalized spacial score (nSPS) is 12.9. The van der Waals surface area contributed by atoms with Crippen LogP contribution in [0.3, 0.4) is 0 Å². The Kier molecular flexibility index (Phi) is 4.92. The minimum atomic E-state index is 0.409. The van der Waals surface area contributed by atoms with Gasteiger partial charge in [0.15, 0.2) is 5.75 Å². The number of benzene rings is 7. The van der Waals surface area contributed by atoms with E-state index in [-0.39, 0.29) is 0 Å². The second-order valence-corrected chi connectivity index (χ2v) is 12.3. The van der Waals surface area contributed by atoms with Crippen LogP contribution in [-0.2, 0) is 0 Å². The van der Waals surface area contributed by atoms with E-state index in [0.29, 0.717) is 17.7 Å². The molecular formula is C40H23N3OS. The Morgan fingerprint density at radius 1 is 0.600 bits per heavy atom. The first-order chi connectivity index (χ1) is 22.7. The summed E-state index contributed by atoms with van der Waals surface area (Å²) in [5.74, 6) is 1.17. The lowest BCUT2D eigenvalue weighted by atomic mass is 9.89. The number of aromatic nitrogens is 2. The van der Waals surface area contributed by atoms with Gasteiger partial charge in [0, 0.05) is 47.6 Å². The Hall–Kier alpha value is -5.78. The summed E-state index contributed by atoms with van der Waals surface area (Å²) >= 11 is 1.80. The molecule has 0 atom stereocenters. The largest absolute Gasteiger partial charge is 0.371 e. The third-order valence-corrected chi connectivity index (χ3v) is 9.98. The van der Waals surface area contributed by atoms with Gasteiger partial charge in [-0.05, 0) is 34.4 Å². The lowest BCUT2D eigenvalue weighted by Gasteiger charge is -2.33. The molecule has 0 unspecified atom stereocenters. The maximum absolute atomic E-state index is 8.75. The zero-order valence-corrected chi connectivity index (χ0v) is 24.7. The standard InChI is InChI=1S/C40H23N3OS/c1-2-13-25(14-3-1)37-29-18-8-10-20-31(29)41-40(42-37)43-38-35(34-26-15-5-4-12-24(26)22-23-32(34)44-43)27-16-6-7-17-28(27)39-36(38)30-19-9-11-21-33(30)45-39/h1-23H/i13D. The van der Waals surface area contributed by atoms with Gasteiger partial charge in [-0.3, -0.25) is 0 Å². The van der Waals surface area contributed by atoms with Crippen molar-refractivity contribution in [2.24, 2.45) is 0 Å². The first-order valence-corrected chi connectivity index (χ1v) is 15.8. The highest BCUT2D eigenvalue weighted by molar-refractivity contribution is 7.26. The van der Waals surface area contributed by atoms with Crippen LogP contribution in [0.1, 0.15) is 1.37 Å². The summed E-state index contributed by atoms with van der Waals surface area (Å²) in [4.78, 5) is 17.3. The predicted molar refractivity (Wildman–Crippen MR) is 188 cm³/mol. The number of para-hydroxylation sites is 1. The number of nitrogens with zero attached hydrogens (tertiary/aromatic N) is 3. The maximum atomic E-state index is 8.75. The van der Waals surface area contributed by atoms with E-state index in [4.69, 9.17) is 16.2 Å². The van der Waals surface area contributed by atoms with Crippen molar-refractivity contribution in [3.8, 4) is 28.1 Å². The topological polar surface area (TPSA) is 38.2 Å². The Labute approximate surface area is 263 Å². The molecule has 210 valence electrons. The molecule has 5 heteroatoms. The molecule has 1 aliphatic heterocycles. The van der Waals surface area contributed by atoms with Crippen molar-refractivity contribution in [3.05, 3.63) is 140 Å². The van der Waals surface area contributed by atoms with E-state index < -0.39 is 0 Å². The maximum Gasteiger partial charge on any atom is 0.265 e. The second kappa shape index (κ2) is 9.36. The molecule has 10 rings (SSSR count). The Bertz CT molecular complexity index is 2720. The van der Waals surface area contributed by atoms with Gasteiger partial charge in [-0.15, -0.1) is 16.4 Å². The lowest BCUT2D eigenvalue weighted by molar-refractivity contribution is 0.316. The highest BCUT2D eigenvalue weighted by Gasteiger charge is 2.34. The van der Waals surface area contributed by atoms with Crippen LogP contribution >= 0.6 is 11.3 Å². The summed E-state index contributed by atoms with van der Waals surface area (Å²) in [7, 11) is 0. The molecule has 3 heterocycles. The van der Waals surface area contributed by atoms with Crippen LogP contribution in [0.4, 0.5) is 11.6 Å². The molecular weight excluding hydrogens is 571 g/mol. The van der Waals surface area contributed by atoms with Gasteiger partial charge in [-0.1, -0.05) is 121 Å². The van der Waals surface area contributed by atoms with Crippen molar-refractivity contribution in [2.75, 3.05) is 5.06 Å². The quantitative estimate of drug-likeness (QED) is 0.200. The highest BCUT2D eigenvalue weighted by Crippen LogP contribution is 2.56. The number of hydrogen-bond donors (Lipinski definition) is 0. The molecule has 9 aromatic rings. The molecule has 4 nitrogen and oxygen atoms in total. The van der Waals surface area contributed by atoms with Crippen LogP contribution < -0.4 is 9.90 Å². The summed E-state index contributed by atoms with van der Waals surface area (Å²) in [5, 5.41) is 9.66. The van der Waals surface area contributed by atoms with Gasteiger partial charge in [0.25, 0.3) is 5.95 Å². The van der Waals surface area contributed by atoms with Gasteiger partial charge in [0.2, 0.25) is 0 Å². The number of thiophene rings is 1. The number of fused-ring (bicyclic) bond motifs is 13. The van der Waals surface area contributed by atoms with Gasteiger partial charge < -0.3 is 4.84 Å². The van der Waals surface area contributed by atoms with E-state index in [9.17, 15) is 0 Å². The SMILES string of the molecule is [2H]c1ccccc1-c1nc(N2Oc3ccc4ccccc4c3-c3c2c2c4ccccc4sc2c2ccccc32)nc2ccccc12. The molecule has 0 saturated carbocycles. The monoisotopic (exact) mass is 594 g/mol. The van der Waals surface area contributed by atoms with E-state index in [2.05, 4.69) is 84.9 Å². The fourth-order valence-corrected chi connectivity index (χ4v) is 8.09. The molecule has 0 N–H and O–H groups in total. The van der Waals surface area contributed by atoms with E-state index in [1.54, 1.807) is 17.4 Å². The summed E-state index contributed by atoms with van der Waals surface area (Å²) in [6.45, 7) is 0. The summed E-state index contributed by atoms with van der Waals surface area (Å²) in [5.41, 5.74) is 5.32. The van der Waals surface area contributed by atoms with Crippen molar-refractivity contribution < 1.29 is 6.21 Å². The van der Waals surface area contributed by atoms with Crippen molar-refractivity contribution in [2.45, 2.75) is 0 Å². The molecule has 0 radical (unpaired) electrons. The van der Waals surface area contributed by atoms with Gasteiger partial charge >= 0.3 is 0 Å². The zero-order chi connectivity index (χ0) is 30.4. The molecule has 0 bridgehead atoms. The highest BCUT2D eigenvalue weighted by atomic mass is 32.1. The van der Waals surface area contributed by atoms with Crippen LogP contribution in [0.2, 0.25) is 0 Å². The van der Waals surface area contributed by atoms with Crippen molar-refractivity contribution in [3.63, 3.8) is 0 Å². The van der Waals surface area contributed by atoms with Crippen molar-refractivity contribution in [1.82, 2.24) is 9.97 Å². The molecule has 0 saturated heterocycles. The van der Waals surface area contributed by atoms with Crippen LogP contribution in [0.15, 0.2) is 140 Å². The average Bonchev–Trinajstić information content (AvgIpc) is 3.51. The number of hydrogen-bond acceptors (Lipinski definition) is 5. The van der Waals surface area contributed by atoms with Crippen LogP contribution in [0.5, 0.6) is 5.75 Å². The molecule has 2 aromatic heterocycles. The summed E-state index contributed by atoms with van der Waals surface area (Å²) < 4.78 is 11.2. The zero-order valence-electron chi connectivity index (χ0n) is 24.9. The second-order valence-electron chi connectivity index (χ2n) is 11.3. The minimum Gasteiger partial charge on any atom is -0.371 e.